The van der Waals surface area contributed by atoms with Gasteiger partial charge in [0.1, 0.15) is 6.61 Å². The highest BCUT2D eigenvalue weighted by atomic mass is 35.5. The van der Waals surface area contributed by atoms with Crippen LogP contribution < -0.4 is 10.1 Å². The van der Waals surface area contributed by atoms with Crippen LogP contribution in [0.3, 0.4) is 0 Å². The summed E-state index contributed by atoms with van der Waals surface area (Å²) in [5.74, 6) is 0.673. The quantitative estimate of drug-likeness (QED) is 0.785. The van der Waals surface area contributed by atoms with Crippen molar-refractivity contribution in [3.8, 4) is 5.88 Å². The zero-order valence-corrected chi connectivity index (χ0v) is 13.8. The van der Waals surface area contributed by atoms with Crippen molar-refractivity contribution in [3.05, 3.63) is 22.8 Å². The van der Waals surface area contributed by atoms with Crippen LogP contribution in [0.5, 0.6) is 5.88 Å². The summed E-state index contributed by atoms with van der Waals surface area (Å²) in [6.45, 7) is 5.76. The fourth-order valence-corrected chi connectivity index (χ4v) is 2.78. The number of ether oxygens (including phenoxy) is 1. The van der Waals surface area contributed by atoms with Gasteiger partial charge in [-0.2, -0.15) is 0 Å². The van der Waals surface area contributed by atoms with E-state index in [1.807, 2.05) is 6.07 Å². The number of hydrogen-bond acceptors (Lipinski definition) is 4. The van der Waals surface area contributed by atoms with Gasteiger partial charge in [-0.15, -0.1) is 0 Å². The van der Waals surface area contributed by atoms with Crippen LogP contribution in [-0.4, -0.2) is 42.7 Å². The van der Waals surface area contributed by atoms with Crippen LogP contribution in [0.25, 0.3) is 0 Å². The highest BCUT2D eigenvalue weighted by molar-refractivity contribution is 6.31. The maximum absolute atomic E-state index is 6.18. The highest BCUT2D eigenvalue weighted by Gasteiger charge is 2.19. The molecule has 0 bridgehead atoms. The fraction of sp³-hybridized carbons (Fsp3) is 0.688. The van der Waals surface area contributed by atoms with Crippen molar-refractivity contribution in [2.45, 2.75) is 45.2 Å². The lowest BCUT2D eigenvalue weighted by molar-refractivity contribution is 0.122. The highest BCUT2D eigenvalue weighted by Crippen LogP contribution is 2.21. The summed E-state index contributed by atoms with van der Waals surface area (Å²) in [7, 11) is 2.17. The Morgan fingerprint density at radius 3 is 3.10 bits per heavy atom. The number of piperidine rings is 1. The van der Waals surface area contributed by atoms with E-state index in [1.165, 1.54) is 19.3 Å². The van der Waals surface area contributed by atoms with Crippen LogP contribution in [0, 0.1) is 0 Å². The van der Waals surface area contributed by atoms with E-state index in [1.54, 1.807) is 6.20 Å². The lowest BCUT2D eigenvalue weighted by Gasteiger charge is -2.31. The van der Waals surface area contributed by atoms with E-state index in [9.17, 15) is 0 Å². The van der Waals surface area contributed by atoms with Gasteiger partial charge in [0.2, 0.25) is 5.88 Å². The Morgan fingerprint density at radius 2 is 2.33 bits per heavy atom. The van der Waals surface area contributed by atoms with Crippen LogP contribution in [0.4, 0.5) is 0 Å². The van der Waals surface area contributed by atoms with E-state index >= 15 is 0 Å². The topological polar surface area (TPSA) is 37.4 Å². The summed E-state index contributed by atoms with van der Waals surface area (Å²) in [5.41, 5.74) is 1.05. The molecule has 0 saturated carbocycles. The van der Waals surface area contributed by atoms with Gasteiger partial charge < -0.3 is 15.0 Å². The molecule has 0 amide bonds. The first kappa shape index (κ1) is 16.5. The molecule has 1 fully saturated rings. The summed E-state index contributed by atoms with van der Waals surface area (Å²) in [6, 6.07) is 2.45. The standard InChI is InChI=1S/C16H26ClN3O/c1-3-7-18-10-13-9-16(19-11-15(13)17)21-12-14-6-4-5-8-20(14)2/h9,11,14,18H,3-8,10,12H2,1-2H3. The molecule has 0 aromatic carbocycles. The van der Waals surface area contributed by atoms with Gasteiger partial charge in [-0.25, -0.2) is 4.98 Å². The molecule has 1 aliphatic heterocycles. The molecule has 1 aromatic heterocycles. The molecule has 2 heterocycles. The number of likely N-dealkylation sites (N-methyl/N-ethyl adjacent to an activating group) is 1. The maximum Gasteiger partial charge on any atom is 0.213 e. The molecular formula is C16H26ClN3O. The Bertz CT molecular complexity index is 442. The second-order valence-electron chi connectivity index (χ2n) is 5.73. The van der Waals surface area contributed by atoms with Crippen molar-refractivity contribution in [2.24, 2.45) is 0 Å². The Balaban J connectivity index is 1.89. The van der Waals surface area contributed by atoms with Gasteiger partial charge in [0.15, 0.2) is 0 Å². The summed E-state index contributed by atoms with van der Waals surface area (Å²) in [6.07, 6.45) is 6.58. The molecule has 0 spiro atoms. The minimum Gasteiger partial charge on any atom is -0.476 e. The molecule has 118 valence electrons. The summed E-state index contributed by atoms with van der Waals surface area (Å²) < 4.78 is 5.88. The predicted molar refractivity (Wildman–Crippen MR) is 87.0 cm³/mol. The summed E-state index contributed by atoms with van der Waals surface area (Å²) in [4.78, 5) is 6.65. The van der Waals surface area contributed by atoms with Crippen molar-refractivity contribution in [1.29, 1.82) is 0 Å². The number of likely N-dealkylation sites (tertiary alicyclic amines) is 1. The number of hydrogen-bond donors (Lipinski definition) is 1. The molecule has 1 aliphatic rings. The van der Waals surface area contributed by atoms with Crippen LogP contribution >= 0.6 is 11.6 Å². The number of halogens is 1. The van der Waals surface area contributed by atoms with E-state index in [4.69, 9.17) is 16.3 Å². The first-order valence-electron chi connectivity index (χ1n) is 7.89. The van der Waals surface area contributed by atoms with Crippen LogP contribution in [0.2, 0.25) is 5.02 Å². The number of nitrogens with one attached hydrogen (secondary N) is 1. The third kappa shape index (κ3) is 5.13. The Kier molecular flexibility index (Phi) is 6.74. The normalized spacial score (nSPS) is 19.7. The largest absolute Gasteiger partial charge is 0.476 e. The molecule has 1 unspecified atom stereocenters. The monoisotopic (exact) mass is 311 g/mol. The molecule has 0 aliphatic carbocycles. The zero-order valence-electron chi connectivity index (χ0n) is 13.1. The van der Waals surface area contributed by atoms with Crippen LogP contribution in [0.15, 0.2) is 12.3 Å². The third-order valence-corrected chi connectivity index (χ3v) is 4.34. The molecular weight excluding hydrogens is 286 g/mol. The molecule has 0 radical (unpaired) electrons. The van der Waals surface area contributed by atoms with Crippen LogP contribution in [0.1, 0.15) is 38.2 Å². The maximum atomic E-state index is 6.18. The van der Waals surface area contributed by atoms with Gasteiger partial charge in [-0.05, 0) is 45.0 Å². The average Bonchev–Trinajstić information content (AvgIpc) is 2.49. The second kappa shape index (κ2) is 8.57. The summed E-state index contributed by atoms with van der Waals surface area (Å²) >= 11 is 6.18. The number of pyridine rings is 1. The SMILES string of the molecule is CCCNCc1cc(OCC2CCCCN2C)ncc1Cl. The Labute approximate surface area is 132 Å². The van der Waals surface area contributed by atoms with E-state index in [-0.39, 0.29) is 0 Å². The summed E-state index contributed by atoms with van der Waals surface area (Å²) in [5, 5.41) is 4.05. The molecule has 1 aromatic rings. The van der Waals surface area contributed by atoms with E-state index < -0.39 is 0 Å². The van der Waals surface area contributed by atoms with Crippen molar-refractivity contribution in [2.75, 3.05) is 26.7 Å². The zero-order chi connectivity index (χ0) is 15.1. The van der Waals surface area contributed by atoms with Crippen molar-refractivity contribution < 1.29 is 4.74 Å². The Morgan fingerprint density at radius 1 is 1.48 bits per heavy atom. The number of rotatable bonds is 7. The van der Waals surface area contributed by atoms with Crippen LogP contribution in [-0.2, 0) is 6.54 Å². The molecule has 5 heteroatoms. The lowest BCUT2D eigenvalue weighted by Crippen LogP contribution is -2.40. The third-order valence-electron chi connectivity index (χ3n) is 4.00. The molecule has 4 nitrogen and oxygen atoms in total. The first-order valence-corrected chi connectivity index (χ1v) is 8.26. The smallest absolute Gasteiger partial charge is 0.213 e. The molecule has 1 saturated heterocycles. The van der Waals surface area contributed by atoms with E-state index in [0.29, 0.717) is 23.6 Å². The Hall–Kier alpha value is -0.840. The van der Waals surface area contributed by atoms with Crippen molar-refractivity contribution >= 4 is 11.6 Å². The van der Waals surface area contributed by atoms with E-state index in [0.717, 1.165) is 31.6 Å². The molecule has 1 atom stereocenters. The van der Waals surface area contributed by atoms with E-state index in [2.05, 4.69) is 29.2 Å². The van der Waals surface area contributed by atoms with Gasteiger partial charge in [0.25, 0.3) is 0 Å². The molecule has 21 heavy (non-hydrogen) atoms. The van der Waals surface area contributed by atoms with Gasteiger partial charge in [0, 0.05) is 24.8 Å². The van der Waals surface area contributed by atoms with Gasteiger partial charge in [0.05, 0.1) is 5.02 Å². The number of aromatic nitrogens is 1. The lowest BCUT2D eigenvalue weighted by atomic mass is 10.0. The van der Waals surface area contributed by atoms with Crippen molar-refractivity contribution in [3.63, 3.8) is 0 Å². The minimum absolute atomic E-state index is 0.498. The molecule has 1 N–H and O–H groups in total. The van der Waals surface area contributed by atoms with Gasteiger partial charge in [-0.1, -0.05) is 24.9 Å². The average molecular weight is 312 g/mol. The predicted octanol–water partition coefficient (Wildman–Crippen LogP) is 3.10. The van der Waals surface area contributed by atoms with Gasteiger partial charge in [-0.3, -0.25) is 0 Å². The fourth-order valence-electron chi connectivity index (χ4n) is 2.61. The molecule has 2 rings (SSSR count). The number of nitrogens with zero attached hydrogens (tertiary/aromatic N) is 2. The second-order valence-corrected chi connectivity index (χ2v) is 6.14. The van der Waals surface area contributed by atoms with Gasteiger partial charge >= 0.3 is 0 Å². The van der Waals surface area contributed by atoms with Crippen molar-refractivity contribution in [1.82, 2.24) is 15.2 Å². The first-order chi connectivity index (χ1) is 10.2. The minimum atomic E-state index is 0.498.